The number of rotatable bonds is 7. The summed E-state index contributed by atoms with van der Waals surface area (Å²) in [5.41, 5.74) is 8.46. The van der Waals surface area contributed by atoms with Gasteiger partial charge in [-0.15, -0.1) is 0 Å². The number of imidazole rings is 1. The minimum Gasteiger partial charge on any atom is -0.469 e. The molecule has 0 fully saturated rings. The molecule has 2 heterocycles. The smallest absolute Gasteiger partial charge is 0.305 e. The summed E-state index contributed by atoms with van der Waals surface area (Å²) in [5, 5.41) is 0.939. The third-order valence-corrected chi connectivity index (χ3v) is 4.84. The Hall–Kier alpha value is -3.16. The molecule has 0 aliphatic rings. The summed E-state index contributed by atoms with van der Waals surface area (Å²) in [4.78, 5) is 34.3. The predicted octanol–water partition coefficient (Wildman–Crippen LogP) is 2.49. The van der Waals surface area contributed by atoms with Crippen molar-refractivity contribution < 1.29 is 14.3 Å². The summed E-state index contributed by atoms with van der Waals surface area (Å²) in [6.45, 7) is 4.97. The number of nitrogen functional groups attached to an aromatic ring is 1. The van der Waals surface area contributed by atoms with Crippen molar-refractivity contribution in [1.29, 1.82) is 0 Å². The van der Waals surface area contributed by atoms with Gasteiger partial charge in [-0.1, -0.05) is 18.2 Å². The Kier molecular flexibility index (Phi) is 5.77. The number of ether oxygens (including phenoxy) is 1. The standard InChI is InChI=1S/C20H25N5O3/c1-4-24(13(2)26)12-16-23-18-19(25(16)11-7-10-17(27)28-3)14-8-5-6-9-15(14)22-20(18)21/h5-6,8-9H,4,7,10-12H2,1-3H3,(H2,21,22). The van der Waals surface area contributed by atoms with Crippen LogP contribution in [0.15, 0.2) is 24.3 Å². The highest BCUT2D eigenvalue weighted by molar-refractivity contribution is 6.06. The maximum absolute atomic E-state index is 11.9. The number of fused-ring (bicyclic) bond motifs is 3. The van der Waals surface area contributed by atoms with Crippen molar-refractivity contribution in [3.05, 3.63) is 30.1 Å². The first-order valence-corrected chi connectivity index (χ1v) is 9.31. The second kappa shape index (κ2) is 8.24. The van der Waals surface area contributed by atoms with E-state index < -0.39 is 0 Å². The van der Waals surface area contributed by atoms with Crippen LogP contribution in [-0.4, -0.2) is 45.0 Å². The topological polar surface area (TPSA) is 103 Å². The lowest BCUT2D eigenvalue weighted by Crippen LogP contribution is -2.29. The minimum atomic E-state index is -0.254. The number of hydrogen-bond acceptors (Lipinski definition) is 6. The van der Waals surface area contributed by atoms with Crippen LogP contribution in [0.4, 0.5) is 5.82 Å². The van der Waals surface area contributed by atoms with E-state index in [9.17, 15) is 9.59 Å². The van der Waals surface area contributed by atoms with Crippen LogP contribution < -0.4 is 5.73 Å². The van der Waals surface area contributed by atoms with Gasteiger partial charge < -0.3 is 19.9 Å². The number of nitrogens with zero attached hydrogens (tertiary/aromatic N) is 4. The van der Waals surface area contributed by atoms with Gasteiger partial charge in [0.05, 0.1) is 24.7 Å². The van der Waals surface area contributed by atoms with E-state index in [1.54, 1.807) is 11.8 Å². The summed E-state index contributed by atoms with van der Waals surface area (Å²) in [6.07, 6.45) is 0.895. The lowest BCUT2D eigenvalue weighted by atomic mass is 10.2. The van der Waals surface area contributed by atoms with Crippen molar-refractivity contribution in [2.24, 2.45) is 0 Å². The van der Waals surface area contributed by atoms with Crippen LogP contribution in [0.2, 0.25) is 0 Å². The van der Waals surface area contributed by atoms with Gasteiger partial charge in [0.1, 0.15) is 11.3 Å². The third-order valence-electron chi connectivity index (χ3n) is 4.84. The second-order valence-corrected chi connectivity index (χ2v) is 6.60. The number of anilines is 1. The molecule has 0 saturated heterocycles. The van der Waals surface area contributed by atoms with Gasteiger partial charge in [0.2, 0.25) is 5.91 Å². The Labute approximate surface area is 163 Å². The highest BCUT2D eigenvalue weighted by atomic mass is 16.5. The van der Waals surface area contributed by atoms with E-state index in [4.69, 9.17) is 15.5 Å². The molecule has 3 aromatic rings. The van der Waals surface area contributed by atoms with Crippen molar-refractivity contribution in [1.82, 2.24) is 19.4 Å². The molecule has 0 spiro atoms. The van der Waals surface area contributed by atoms with Crippen LogP contribution in [0.5, 0.6) is 0 Å². The number of nitrogens with two attached hydrogens (primary N) is 1. The highest BCUT2D eigenvalue weighted by Gasteiger charge is 2.19. The van der Waals surface area contributed by atoms with Crippen LogP contribution in [-0.2, 0) is 27.4 Å². The highest BCUT2D eigenvalue weighted by Crippen LogP contribution is 2.29. The molecule has 3 rings (SSSR count). The van der Waals surface area contributed by atoms with Crippen molar-refractivity contribution in [2.45, 2.75) is 39.8 Å². The van der Waals surface area contributed by atoms with Crippen LogP contribution in [0.1, 0.15) is 32.5 Å². The molecule has 0 saturated carbocycles. The van der Waals surface area contributed by atoms with E-state index in [1.165, 1.54) is 7.11 Å². The maximum Gasteiger partial charge on any atom is 0.305 e. The molecule has 8 nitrogen and oxygen atoms in total. The number of aromatic nitrogens is 3. The zero-order chi connectivity index (χ0) is 20.3. The number of carbonyl (C=O) groups is 2. The van der Waals surface area contributed by atoms with Gasteiger partial charge in [0.25, 0.3) is 0 Å². The van der Waals surface area contributed by atoms with Gasteiger partial charge in [-0.2, -0.15) is 0 Å². The van der Waals surface area contributed by atoms with Crippen LogP contribution in [0, 0.1) is 0 Å². The zero-order valence-electron chi connectivity index (χ0n) is 16.4. The number of benzene rings is 1. The van der Waals surface area contributed by atoms with Crippen molar-refractivity contribution in [3.8, 4) is 0 Å². The molecular formula is C20H25N5O3. The first-order chi connectivity index (χ1) is 13.5. The van der Waals surface area contributed by atoms with Gasteiger partial charge in [-0.05, 0) is 19.4 Å². The molecule has 0 atom stereocenters. The number of aryl methyl sites for hydroxylation is 1. The molecule has 2 aromatic heterocycles. The quantitative estimate of drug-likeness (QED) is 0.629. The van der Waals surface area contributed by atoms with E-state index in [1.807, 2.05) is 35.8 Å². The Morgan fingerprint density at radius 1 is 1.25 bits per heavy atom. The molecule has 0 bridgehead atoms. The largest absolute Gasteiger partial charge is 0.469 e. The van der Waals surface area contributed by atoms with E-state index >= 15 is 0 Å². The first kappa shape index (κ1) is 19.6. The van der Waals surface area contributed by atoms with Crippen LogP contribution >= 0.6 is 0 Å². The maximum atomic E-state index is 11.9. The fraction of sp³-hybridized carbons (Fsp3) is 0.400. The Morgan fingerprint density at radius 2 is 2.00 bits per heavy atom. The van der Waals surface area contributed by atoms with E-state index in [-0.39, 0.29) is 11.9 Å². The number of amides is 1. The SMILES string of the molecule is CCN(Cc1nc2c(N)nc3ccccc3c2n1CCCC(=O)OC)C(C)=O. The summed E-state index contributed by atoms with van der Waals surface area (Å²) >= 11 is 0. The fourth-order valence-electron chi connectivity index (χ4n) is 3.37. The van der Waals surface area contributed by atoms with Gasteiger partial charge in [-0.3, -0.25) is 9.59 Å². The number of hydrogen-bond donors (Lipinski definition) is 1. The number of methoxy groups -OCH3 is 1. The van der Waals surface area contributed by atoms with Crippen LogP contribution in [0.25, 0.3) is 21.9 Å². The molecule has 0 aliphatic carbocycles. The average molecular weight is 383 g/mol. The monoisotopic (exact) mass is 383 g/mol. The molecule has 0 aliphatic heterocycles. The van der Waals surface area contributed by atoms with E-state index in [0.717, 1.165) is 22.2 Å². The zero-order valence-corrected chi connectivity index (χ0v) is 16.4. The molecule has 2 N–H and O–H groups in total. The van der Waals surface area contributed by atoms with Crippen molar-refractivity contribution in [3.63, 3.8) is 0 Å². The summed E-state index contributed by atoms with van der Waals surface area (Å²) in [5.74, 6) is 0.803. The molecule has 8 heteroatoms. The molecule has 0 radical (unpaired) electrons. The Bertz CT molecular complexity index is 1030. The van der Waals surface area contributed by atoms with Gasteiger partial charge in [-0.25, -0.2) is 9.97 Å². The summed E-state index contributed by atoms with van der Waals surface area (Å²) in [7, 11) is 1.38. The van der Waals surface area contributed by atoms with E-state index in [0.29, 0.717) is 43.8 Å². The summed E-state index contributed by atoms with van der Waals surface area (Å²) in [6, 6.07) is 7.74. The van der Waals surface area contributed by atoms with Gasteiger partial charge in [0, 0.05) is 31.8 Å². The molecule has 0 unspecified atom stereocenters. The predicted molar refractivity (Wildman–Crippen MR) is 107 cm³/mol. The normalized spacial score (nSPS) is 11.1. The molecule has 1 aromatic carbocycles. The minimum absolute atomic E-state index is 0.0216. The van der Waals surface area contributed by atoms with Crippen molar-refractivity contribution in [2.75, 3.05) is 19.4 Å². The third kappa shape index (κ3) is 3.76. The van der Waals surface area contributed by atoms with Crippen molar-refractivity contribution >= 4 is 39.6 Å². The number of para-hydroxylation sites is 1. The van der Waals surface area contributed by atoms with Gasteiger partial charge in [0.15, 0.2) is 5.82 Å². The summed E-state index contributed by atoms with van der Waals surface area (Å²) < 4.78 is 6.79. The number of esters is 1. The lowest BCUT2D eigenvalue weighted by molar-refractivity contribution is -0.140. The number of carbonyl (C=O) groups excluding carboxylic acids is 2. The van der Waals surface area contributed by atoms with Gasteiger partial charge >= 0.3 is 5.97 Å². The molecular weight excluding hydrogens is 358 g/mol. The Balaban J connectivity index is 2.13. The fourth-order valence-corrected chi connectivity index (χ4v) is 3.37. The Morgan fingerprint density at radius 3 is 2.68 bits per heavy atom. The number of pyridine rings is 1. The lowest BCUT2D eigenvalue weighted by Gasteiger charge is -2.19. The molecule has 148 valence electrons. The molecule has 28 heavy (non-hydrogen) atoms. The second-order valence-electron chi connectivity index (χ2n) is 6.60. The first-order valence-electron chi connectivity index (χ1n) is 9.31. The average Bonchev–Trinajstić information content (AvgIpc) is 3.05. The molecule has 1 amide bonds. The van der Waals surface area contributed by atoms with E-state index in [2.05, 4.69) is 4.98 Å². The van der Waals surface area contributed by atoms with Crippen LogP contribution in [0.3, 0.4) is 0 Å².